The van der Waals surface area contributed by atoms with Crippen molar-refractivity contribution in [2.75, 3.05) is 6.61 Å². The first-order valence-electron chi connectivity index (χ1n) is 4.37. The summed E-state index contributed by atoms with van der Waals surface area (Å²) < 4.78 is 15.9. The molecule has 1 rings (SSSR count). The third-order valence-corrected chi connectivity index (χ3v) is 4.22. The van der Waals surface area contributed by atoms with Gasteiger partial charge in [-0.1, -0.05) is 0 Å². The minimum absolute atomic E-state index is 0.0357. The summed E-state index contributed by atoms with van der Waals surface area (Å²) in [6, 6.07) is 0. The lowest BCUT2D eigenvalue weighted by Crippen LogP contribution is -2.56. The van der Waals surface area contributed by atoms with Gasteiger partial charge >= 0.3 is 19.5 Å². The maximum absolute atomic E-state index is 11.2. The molecule has 4 N–H and O–H groups in total. The Morgan fingerprint density at radius 1 is 1.31 bits per heavy atom. The second-order valence-electron chi connectivity index (χ2n) is 3.47. The zero-order valence-corrected chi connectivity index (χ0v) is 8.96. The predicted octanol–water partition coefficient (Wildman–Crippen LogP) is -0.749. The minimum Gasteiger partial charge on any atom is -0.480 e. The number of carboxylic acid groups (broad SMARTS) is 2. The Hall–Kier alpha value is -0.950. The lowest BCUT2D eigenvalue weighted by atomic mass is 9.93. The molecule has 2 unspecified atom stereocenters. The first-order chi connectivity index (χ1) is 7.23. The molecule has 0 spiro atoms. The van der Waals surface area contributed by atoms with E-state index in [2.05, 4.69) is 4.74 Å². The van der Waals surface area contributed by atoms with E-state index in [4.69, 9.17) is 20.0 Å². The quantitative estimate of drug-likeness (QED) is 0.482. The predicted molar refractivity (Wildman–Crippen MR) is 49.0 cm³/mol. The Morgan fingerprint density at radius 3 is 2.19 bits per heavy atom. The lowest BCUT2D eigenvalue weighted by Gasteiger charge is -2.37. The van der Waals surface area contributed by atoms with Crippen molar-refractivity contribution < 1.29 is 38.9 Å². The van der Waals surface area contributed by atoms with Gasteiger partial charge in [0, 0.05) is 6.61 Å². The molecule has 1 saturated heterocycles. The highest BCUT2D eigenvalue weighted by atomic mass is 31.2. The first kappa shape index (κ1) is 13.1. The van der Waals surface area contributed by atoms with Gasteiger partial charge in [-0.3, -0.25) is 9.36 Å². The molecule has 0 amide bonds. The number of hydrogen-bond donors (Lipinski definition) is 4. The maximum Gasteiger partial charge on any atom is 0.346 e. The molecule has 2 atom stereocenters. The molecule has 0 radical (unpaired) electrons. The van der Waals surface area contributed by atoms with Crippen molar-refractivity contribution in [3.8, 4) is 0 Å². The summed E-state index contributed by atoms with van der Waals surface area (Å²) in [5.74, 6) is -3.54. The van der Waals surface area contributed by atoms with E-state index in [0.717, 1.165) is 0 Å². The van der Waals surface area contributed by atoms with Crippen molar-refractivity contribution in [1.82, 2.24) is 0 Å². The molecule has 8 nitrogen and oxygen atoms in total. The van der Waals surface area contributed by atoms with E-state index < -0.39 is 37.2 Å². The normalized spacial score (nSPS) is 31.0. The summed E-state index contributed by atoms with van der Waals surface area (Å²) in [6.45, 7) is -0.0357. The largest absolute Gasteiger partial charge is 0.480 e. The van der Waals surface area contributed by atoms with Crippen LogP contribution in [0.3, 0.4) is 0 Å². The summed E-state index contributed by atoms with van der Waals surface area (Å²) in [5, 5.41) is 15.0. The topological polar surface area (TPSA) is 141 Å². The van der Waals surface area contributed by atoms with Crippen LogP contribution in [0.2, 0.25) is 0 Å². The molecule has 9 heteroatoms. The van der Waals surface area contributed by atoms with Crippen LogP contribution in [0, 0.1) is 0 Å². The summed E-state index contributed by atoms with van der Waals surface area (Å²) in [7, 11) is -5.14. The Kier molecular flexibility index (Phi) is 3.39. The summed E-state index contributed by atoms with van der Waals surface area (Å²) in [5.41, 5.74) is 0. The van der Waals surface area contributed by atoms with Crippen LogP contribution in [0.15, 0.2) is 0 Å². The van der Waals surface area contributed by atoms with Gasteiger partial charge in [0.05, 0.1) is 0 Å². The van der Waals surface area contributed by atoms with E-state index in [0.29, 0.717) is 0 Å². The van der Waals surface area contributed by atoms with Crippen LogP contribution in [0.4, 0.5) is 0 Å². The summed E-state index contributed by atoms with van der Waals surface area (Å²) in [4.78, 5) is 39.9. The smallest absolute Gasteiger partial charge is 0.346 e. The maximum atomic E-state index is 11.2. The fourth-order valence-electron chi connectivity index (χ4n) is 1.73. The molecule has 1 aliphatic rings. The van der Waals surface area contributed by atoms with Crippen LogP contribution in [0.1, 0.15) is 12.8 Å². The van der Waals surface area contributed by atoms with Gasteiger partial charge in [-0.2, -0.15) is 0 Å². The molecule has 0 saturated carbocycles. The van der Waals surface area contributed by atoms with Crippen molar-refractivity contribution in [3.63, 3.8) is 0 Å². The van der Waals surface area contributed by atoms with Crippen LogP contribution in [0.5, 0.6) is 0 Å². The zero-order valence-electron chi connectivity index (χ0n) is 8.07. The second kappa shape index (κ2) is 4.14. The van der Waals surface area contributed by atoms with Crippen LogP contribution in [0.25, 0.3) is 0 Å². The van der Waals surface area contributed by atoms with E-state index >= 15 is 0 Å². The van der Waals surface area contributed by atoms with E-state index in [1.54, 1.807) is 0 Å². The molecule has 0 aliphatic carbocycles. The third-order valence-electron chi connectivity index (χ3n) is 2.53. The Labute approximate surface area is 90.0 Å². The SMILES string of the molecule is O=C(O)C1OCCCC1(C(=O)O)P(=O)(O)O. The van der Waals surface area contributed by atoms with Gasteiger partial charge < -0.3 is 24.7 Å². The highest BCUT2D eigenvalue weighted by Gasteiger charge is 2.63. The van der Waals surface area contributed by atoms with Gasteiger partial charge in [0.1, 0.15) is 0 Å². The van der Waals surface area contributed by atoms with Crippen molar-refractivity contribution in [2.45, 2.75) is 24.1 Å². The molecule has 16 heavy (non-hydrogen) atoms. The van der Waals surface area contributed by atoms with Crippen molar-refractivity contribution in [3.05, 3.63) is 0 Å². The molecule has 0 bridgehead atoms. The van der Waals surface area contributed by atoms with Gasteiger partial charge in [0.2, 0.25) is 5.16 Å². The molecule has 1 fully saturated rings. The number of ether oxygens (including phenoxy) is 1. The van der Waals surface area contributed by atoms with Gasteiger partial charge in [0.25, 0.3) is 0 Å². The monoisotopic (exact) mass is 254 g/mol. The highest BCUT2D eigenvalue weighted by Crippen LogP contribution is 2.57. The van der Waals surface area contributed by atoms with Gasteiger partial charge in [-0.15, -0.1) is 0 Å². The average molecular weight is 254 g/mol. The van der Waals surface area contributed by atoms with E-state index in [1.807, 2.05) is 0 Å². The standard InChI is InChI=1S/C7H11O8P/c8-5(9)4-7(6(10)11,16(12,13)14)2-1-3-15-4/h4H,1-3H2,(H,8,9)(H,10,11)(H2,12,13,14). The third kappa shape index (κ3) is 1.84. The molecule has 1 heterocycles. The van der Waals surface area contributed by atoms with Gasteiger partial charge in [-0.05, 0) is 12.8 Å². The number of carboxylic acids is 2. The number of aliphatic carboxylic acids is 2. The Bertz CT molecular complexity index is 359. The number of rotatable bonds is 3. The number of hydrogen-bond acceptors (Lipinski definition) is 4. The summed E-state index contributed by atoms with van der Waals surface area (Å²) in [6.07, 6.45) is -2.37. The van der Waals surface area contributed by atoms with Crippen molar-refractivity contribution >= 4 is 19.5 Å². The van der Waals surface area contributed by atoms with Crippen molar-refractivity contribution in [1.29, 1.82) is 0 Å². The zero-order chi connectivity index (χ0) is 12.6. The Balaban J connectivity index is 3.30. The van der Waals surface area contributed by atoms with E-state index in [1.165, 1.54) is 0 Å². The fourth-order valence-corrected chi connectivity index (χ4v) is 2.92. The second-order valence-corrected chi connectivity index (χ2v) is 5.35. The first-order valence-corrected chi connectivity index (χ1v) is 5.98. The number of carbonyl (C=O) groups is 2. The molecule has 0 aromatic carbocycles. The van der Waals surface area contributed by atoms with Crippen molar-refractivity contribution in [2.24, 2.45) is 0 Å². The fraction of sp³-hybridized carbons (Fsp3) is 0.714. The minimum atomic E-state index is -5.14. The molecule has 1 aliphatic heterocycles. The van der Waals surface area contributed by atoms with Crippen LogP contribution >= 0.6 is 7.60 Å². The van der Waals surface area contributed by atoms with E-state index in [-0.39, 0.29) is 13.0 Å². The van der Waals surface area contributed by atoms with Gasteiger partial charge in [-0.25, -0.2) is 4.79 Å². The van der Waals surface area contributed by atoms with Crippen LogP contribution < -0.4 is 0 Å². The molecular weight excluding hydrogens is 243 g/mol. The van der Waals surface area contributed by atoms with Crippen LogP contribution in [-0.4, -0.2) is 49.8 Å². The summed E-state index contributed by atoms with van der Waals surface area (Å²) >= 11 is 0. The highest BCUT2D eigenvalue weighted by molar-refractivity contribution is 7.55. The average Bonchev–Trinajstić information content (AvgIpc) is 2.15. The van der Waals surface area contributed by atoms with E-state index in [9.17, 15) is 14.2 Å². The Morgan fingerprint density at radius 2 is 1.88 bits per heavy atom. The molecule has 92 valence electrons. The molecule has 0 aromatic heterocycles. The van der Waals surface area contributed by atoms with Gasteiger partial charge in [0.15, 0.2) is 6.10 Å². The molecule has 0 aromatic rings. The molecular formula is C7H11O8P. The van der Waals surface area contributed by atoms with Crippen LogP contribution in [-0.2, 0) is 18.9 Å². The lowest BCUT2D eigenvalue weighted by molar-refractivity contribution is -0.167.